The van der Waals surface area contributed by atoms with Gasteiger partial charge in [0.05, 0.1) is 5.56 Å². The topological polar surface area (TPSA) is 110 Å². The predicted octanol–water partition coefficient (Wildman–Crippen LogP) is 4.49. The maximum Gasteiger partial charge on any atom is 0.255 e. The number of carbonyl (C=O) groups is 1. The minimum atomic E-state index is -1.31. The molecule has 0 saturated carbocycles. The lowest BCUT2D eigenvalue weighted by Gasteiger charge is -2.23. The largest absolute Gasteiger partial charge is 0.383 e. The molecule has 1 saturated heterocycles. The molecule has 5 N–H and O–H groups in total. The molecule has 1 unspecified atom stereocenters. The first-order chi connectivity index (χ1) is 17.2. The van der Waals surface area contributed by atoms with Crippen molar-refractivity contribution in [3.8, 4) is 11.1 Å². The van der Waals surface area contributed by atoms with Crippen LogP contribution in [0.4, 0.5) is 20.3 Å². The number of nitrogens with zero attached hydrogens (tertiary/aromatic N) is 1. The van der Waals surface area contributed by atoms with Crippen LogP contribution in [0.5, 0.6) is 0 Å². The van der Waals surface area contributed by atoms with Crippen molar-refractivity contribution in [1.82, 2.24) is 10.3 Å². The summed E-state index contributed by atoms with van der Waals surface area (Å²) >= 11 is 0. The number of anilines is 2. The van der Waals surface area contributed by atoms with E-state index in [1.54, 1.807) is 18.3 Å². The second kappa shape index (κ2) is 10.8. The van der Waals surface area contributed by atoms with Crippen molar-refractivity contribution in [3.63, 3.8) is 0 Å². The SMILES string of the molecule is C=C(Nc1ccc(-c2cnc(N)c(C(=O)NC3CCOCC3)c2)c(C)c1)C(O)c1cc(F)cc(F)c1. The zero-order chi connectivity index (χ0) is 25.8. The molecule has 1 aliphatic rings. The minimum absolute atomic E-state index is 0.0359. The molecule has 1 aliphatic heterocycles. The molecule has 2 heterocycles. The van der Waals surface area contributed by atoms with Crippen molar-refractivity contribution in [2.24, 2.45) is 0 Å². The molecule has 7 nitrogen and oxygen atoms in total. The lowest BCUT2D eigenvalue weighted by molar-refractivity contribution is 0.0697. The third-order valence-corrected chi connectivity index (χ3v) is 6.09. The summed E-state index contributed by atoms with van der Waals surface area (Å²) in [5, 5.41) is 16.5. The van der Waals surface area contributed by atoms with Gasteiger partial charge in [0.15, 0.2) is 0 Å². The molecule has 0 spiro atoms. The van der Waals surface area contributed by atoms with Crippen molar-refractivity contribution in [2.45, 2.75) is 31.9 Å². The minimum Gasteiger partial charge on any atom is -0.383 e. The van der Waals surface area contributed by atoms with Gasteiger partial charge in [0, 0.05) is 48.5 Å². The van der Waals surface area contributed by atoms with Crippen LogP contribution in [-0.2, 0) is 4.74 Å². The summed E-state index contributed by atoms with van der Waals surface area (Å²) in [6.45, 7) is 6.91. The molecule has 3 aromatic rings. The van der Waals surface area contributed by atoms with Crippen LogP contribution in [0.1, 0.15) is 40.4 Å². The summed E-state index contributed by atoms with van der Waals surface area (Å²) in [6, 6.07) is 10.0. The number of nitrogen functional groups attached to an aromatic ring is 1. The van der Waals surface area contributed by atoms with Gasteiger partial charge in [-0.3, -0.25) is 4.79 Å². The van der Waals surface area contributed by atoms with E-state index in [1.165, 1.54) is 0 Å². The number of nitrogens with two attached hydrogens (primary N) is 1. The number of nitrogens with one attached hydrogen (secondary N) is 2. The van der Waals surface area contributed by atoms with Crippen molar-refractivity contribution >= 4 is 17.4 Å². The molecule has 0 aliphatic carbocycles. The highest BCUT2D eigenvalue weighted by atomic mass is 19.1. The quantitative estimate of drug-likeness (QED) is 0.386. The molecular formula is C27H28F2N4O3. The maximum atomic E-state index is 13.5. The molecule has 2 aromatic carbocycles. The van der Waals surface area contributed by atoms with Gasteiger partial charge in [0.1, 0.15) is 23.6 Å². The third-order valence-electron chi connectivity index (χ3n) is 6.09. The molecule has 36 heavy (non-hydrogen) atoms. The average molecular weight is 495 g/mol. The molecule has 1 fully saturated rings. The number of aliphatic hydroxyl groups is 1. The molecule has 0 bridgehead atoms. The highest BCUT2D eigenvalue weighted by molar-refractivity contribution is 5.99. The highest BCUT2D eigenvalue weighted by Crippen LogP contribution is 2.30. The number of aliphatic hydroxyl groups excluding tert-OH is 1. The molecule has 188 valence electrons. The van der Waals surface area contributed by atoms with Gasteiger partial charge in [-0.15, -0.1) is 0 Å². The monoisotopic (exact) mass is 494 g/mol. The lowest BCUT2D eigenvalue weighted by atomic mass is 9.99. The fourth-order valence-corrected chi connectivity index (χ4v) is 4.16. The number of aryl methyl sites for hydroxylation is 1. The van der Waals surface area contributed by atoms with E-state index in [9.17, 15) is 18.7 Å². The van der Waals surface area contributed by atoms with Crippen LogP contribution in [0.3, 0.4) is 0 Å². The van der Waals surface area contributed by atoms with Crippen LogP contribution in [0.15, 0.2) is 60.9 Å². The van der Waals surface area contributed by atoms with Crippen molar-refractivity contribution in [1.29, 1.82) is 0 Å². The second-order valence-corrected chi connectivity index (χ2v) is 8.80. The van der Waals surface area contributed by atoms with E-state index >= 15 is 0 Å². The van der Waals surface area contributed by atoms with E-state index in [0.29, 0.717) is 24.5 Å². The molecule has 4 rings (SSSR count). The van der Waals surface area contributed by atoms with Crippen molar-refractivity contribution < 1.29 is 23.4 Å². The Morgan fingerprint density at radius 2 is 1.86 bits per heavy atom. The number of hydrogen-bond acceptors (Lipinski definition) is 6. The van der Waals surface area contributed by atoms with Gasteiger partial charge in [0.2, 0.25) is 0 Å². The number of pyridine rings is 1. The predicted molar refractivity (Wildman–Crippen MR) is 134 cm³/mol. The first-order valence-corrected chi connectivity index (χ1v) is 11.6. The Bertz CT molecular complexity index is 1270. The van der Waals surface area contributed by atoms with E-state index in [4.69, 9.17) is 10.5 Å². The summed E-state index contributed by atoms with van der Waals surface area (Å²) in [4.78, 5) is 17.1. The van der Waals surface area contributed by atoms with Crippen LogP contribution in [0.2, 0.25) is 0 Å². The van der Waals surface area contributed by atoms with Crippen LogP contribution in [0, 0.1) is 18.6 Å². The van der Waals surface area contributed by atoms with Gasteiger partial charge < -0.3 is 26.2 Å². The normalized spacial score (nSPS) is 14.8. The summed E-state index contributed by atoms with van der Waals surface area (Å²) in [5.41, 5.74) is 9.56. The molecule has 9 heteroatoms. The first-order valence-electron chi connectivity index (χ1n) is 11.6. The highest BCUT2D eigenvalue weighted by Gasteiger charge is 2.20. The Morgan fingerprint density at radius 3 is 2.53 bits per heavy atom. The van der Waals surface area contributed by atoms with Crippen LogP contribution in [-0.4, -0.2) is 35.3 Å². The summed E-state index contributed by atoms with van der Waals surface area (Å²) in [6.07, 6.45) is 1.80. The van der Waals surface area contributed by atoms with Crippen LogP contribution in [0.25, 0.3) is 11.1 Å². The van der Waals surface area contributed by atoms with E-state index in [2.05, 4.69) is 22.2 Å². The van der Waals surface area contributed by atoms with Crippen LogP contribution < -0.4 is 16.4 Å². The van der Waals surface area contributed by atoms with Crippen LogP contribution >= 0.6 is 0 Å². The fourth-order valence-electron chi connectivity index (χ4n) is 4.16. The second-order valence-electron chi connectivity index (χ2n) is 8.80. The number of aromatic nitrogens is 1. The number of amides is 1. The standard InChI is InChI=1S/C27H28F2N4O3/c1-15-9-22(32-16(2)25(34)17-10-19(28)13-20(29)11-17)3-4-23(15)18-12-24(26(30)31-14-18)27(35)33-21-5-7-36-8-6-21/h3-4,9-14,21,25,32,34H,2,5-8H2,1H3,(H2,30,31)(H,33,35). The molecule has 0 radical (unpaired) electrons. The van der Waals surface area contributed by atoms with E-state index < -0.39 is 17.7 Å². The van der Waals surface area contributed by atoms with Crippen molar-refractivity contribution in [2.75, 3.05) is 24.3 Å². The van der Waals surface area contributed by atoms with E-state index in [1.807, 2.05) is 19.1 Å². The Morgan fingerprint density at radius 1 is 1.17 bits per heavy atom. The summed E-state index contributed by atoms with van der Waals surface area (Å²) in [7, 11) is 0. The average Bonchev–Trinajstić information content (AvgIpc) is 2.84. The zero-order valence-corrected chi connectivity index (χ0v) is 19.9. The number of hydrogen-bond donors (Lipinski definition) is 4. The fraction of sp³-hybridized carbons (Fsp3) is 0.259. The smallest absolute Gasteiger partial charge is 0.255 e. The zero-order valence-electron chi connectivity index (χ0n) is 19.9. The first kappa shape index (κ1) is 25.3. The van der Waals surface area contributed by atoms with Crippen molar-refractivity contribution in [3.05, 3.63) is 89.3 Å². The Kier molecular flexibility index (Phi) is 7.61. The molecule has 1 atom stereocenters. The summed E-state index contributed by atoms with van der Waals surface area (Å²) < 4.78 is 32.4. The summed E-state index contributed by atoms with van der Waals surface area (Å²) in [5.74, 6) is -1.69. The maximum absolute atomic E-state index is 13.5. The molecule has 1 aromatic heterocycles. The van der Waals surface area contributed by atoms with Gasteiger partial charge in [-0.2, -0.15) is 0 Å². The molecular weight excluding hydrogens is 466 g/mol. The Balaban J connectivity index is 1.50. The molecule has 1 amide bonds. The Hall–Kier alpha value is -3.82. The van der Waals surface area contributed by atoms with Gasteiger partial charge in [-0.1, -0.05) is 12.6 Å². The van der Waals surface area contributed by atoms with E-state index in [-0.39, 0.29) is 29.0 Å². The Labute approximate surface area is 208 Å². The van der Waals surface area contributed by atoms with Gasteiger partial charge in [-0.25, -0.2) is 13.8 Å². The number of halogens is 2. The number of benzene rings is 2. The number of carbonyl (C=O) groups excluding carboxylic acids is 1. The van der Waals surface area contributed by atoms with Gasteiger partial charge in [-0.05, 0) is 66.8 Å². The number of rotatable bonds is 7. The lowest BCUT2D eigenvalue weighted by Crippen LogP contribution is -2.39. The third kappa shape index (κ3) is 5.87. The van der Waals surface area contributed by atoms with E-state index in [0.717, 1.165) is 47.7 Å². The number of ether oxygens (including phenoxy) is 1. The van der Waals surface area contributed by atoms with Gasteiger partial charge in [0.25, 0.3) is 5.91 Å². The van der Waals surface area contributed by atoms with Gasteiger partial charge >= 0.3 is 0 Å².